The van der Waals surface area contributed by atoms with Gasteiger partial charge in [0.05, 0.1) is 47.0 Å². The number of likely N-dealkylation sites (tertiary alicyclic amines) is 1. The fraction of sp³-hybridized carbons (Fsp3) is 0.394. The molecule has 2 saturated heterocycles. The van der Waals surface area contributed by atoms with Gasteiger partial charge in [0.15, 0.2) is 0 Å². The number of fused-ring (bicyclic) bond motifs is 2. The van der Waals surface area contributed by atoms with E-state index in [4.69, 9.17) is 19.4 Å². The van der Waals surface area contributed by atoms with Crippen LogP contribution in [0.15, 0.2) is 54.6 Å². The number of imidazole rings is 1. The smallest absolute Gasteiger partial charge is 0.335 e. The molecule has 0 aliphatic carbocycles. The highest BCUT2D eigenvalue weighted by atomic mass is 16.5. The Morgan fingerprint density at radius 3 is 2.65 bits per heavy atom. The highest BCUT2D eigenvalue weighted by molar-refractivity contribution is 5.92. The monoisotopic (exact) mass is 580 g/mol. The average molecular weight is 581 g/mol. The van der Waals surface area contributed by atoms with Crippen molar-refractivity contribution in [3.63, 3.8) is 0 Å². The number of hydrogen-bond acceptors (Lipinski definition) is 7. The molecule has 1 unspecified atom stereocenters. The highest BCUT2D eigenvalue weighted by Crippen LogP contribution is 2.30. The van der Waals surface area contributed by atoms with Crippen molar-refractivity contribution in [3.05, 3.63) is 82.9 Å². The highest BCUT2D eigenvalue weighted by Gasteiger charge is 2.26. The van der Waals surface area contributed by atoms with Gasteiger partial charge in [-0.05, 0) is 75.2 Å². The van der Waals surface area contributed by atoms with Crippen LogP contribution >= 0.6 is 0 Å². The largest absolute Gasteiger partial charge is 0.478 e. The molecule has 3 aromatic heterocycles. The number of rotatable bonds is 9. The Hall–Kier alpha value is -4.28. The third kappa shape index (κ3) is 5.60. The van der Waals surface area contributed by atoms with E-state index in [-0.39, 0.29) is 11.7 Å². The second kappa shape index (κ2) is 11.4. The average Bonchev–Trinajstić information content (AvgIpc) is 3.48. The first-order chi connectivity index (χ1) is 20.9. The molecule has 0 saturated carbocycles. The summed E-state index contributed by atoms with van der Waals surface area (Å²) in [6.07, 6.45) is 3.17. The van der Waals surface area contributed by atoms with E-state index in [2.05, 4.69) is 38.8 Å². The van der Waals surface area contributed by atoms with Gasteiger partial charge >= 0.3 is 5.97 Å². The quantitative estimate of drug-likeness (QED) is 0.258. The maximum absolute atomic E-state index is 11.6. The lowest BCUT2D eigenvalue weighted by Crippen LogP contribution is -2.35. The topological polar surface area (TPSA) is 108 Å². The fourth-order valence-electron chi connectivity index (χ4n) is 6.32. The number of aromatic carboxylic acids is 1. The lowest BCUT2D eigenvalue weighted by atomic mass is 9.93. The van der Waals surface area contributed by atoms with Crippen molar-refractivity contribution in [2.24, 2.45) is 7.05 Å². The first-order valence-electron chi connectivity index (χ1n) is 15.0. The van der Waals surface area contributed by atoms with Crippen molar-refractivity contribution in [1.82, 2.24) is 29.2 Å². The number of carbonyl (C=O) groups is 1. The summed E-state index contributed by atoms with van der Waals surface area (Å²) >= 11 is 0. The van der Waals surface area contributed by atoms with E-state index in [0.29, 0.717) is 31.5 Å². The van der Waals surface area contributed by atoms with Crippen molar-refractivity contribution in [3.8, 4) is 5.88 Å². The molecule has 0 amide bonds. The van der Waals surface area contributed by atoms with Crippen LogP contribution in [0.4, 0.5) is 0 Å². The van der Waals surface area contributed by atoms with Gasteiger partial charge in [0.1, 0.15) is 12.4 Å². The number of nitrogens with zero attached hydrogens (tertiary/aromatic N) is 6. The number of ether oxygens (including phenoxy) is 2. The van der Waals surface area contributed by atoms with E-state index in [0.717, 1.165) is 83.7 Å². The van der Waals surface area contributed by atoms with E-state index in [1.165, 1.54) is 0 Å². The summed E-state index contributed by atoms with van der Waals surface area (Å²) in [5.74, 6) is 1.05. The number of aryl methyl sites for hydroxylation is 2. The summed E-state index contributed by atoms with van der Waals surface area (Å²) in [7, 11) is 1.97. The molecule has 1 N–H and O–H groups in total. The van der Waals surface area contributed by atoms with Crippen LogP contribution in [0.5, 0.6) is 5.88 Å². The Kier molecular flexibility index (Phi) is 7.32. The minimum Gasteiger partial charge on any atom is -0.478 e. The molecule has 2 fully saturated rings. The Morgan fingerprint density at radius 1 is 1.05 bits per heavy atom. The Morgan fingerprint density at radius 2 is 1.88 bits per heavy atom. The maximum atomic E-state index is 11.6. The van der Waals surface area contributed by atoms with Crippen LogP contribution in [0.3, 0.4) is 0 Å². The van der Waals surface area contributed by atoms with Crippen LogP contribution in [0.1, 0.15) is 58.3 Å². The van der Waals surface area contributed by atoms with E-state index < -0.39 is 5.97 Å². The molecule has 2 aliphatic heterocycles. The van der Waals surface area contributed by atoms with Crippen LogP contribution in [0.25, 0.3) is 21.9 Å². The number of aromatic nitrogens is 5. The van der Waals surface area contributed by atoms with Crippen LogP contribution < -0.4 is 4.74 Å². The standard InChI is InChI=1S/C33H36N6O4/c1-21-26-8-6-22(16-29(26)37(2)36-21)20-43-32-5-3-4-27(35-32)23-10-13-38(14-11-23)19-31-34-28-9-7-24(33(40)41)17-30(28)39(31)18-25-12-15-42-25/h3-9,16-17,23,25H,10-15,18-20H2,1-2H3,(H,40,41). The molecule has 5 aromatic rings. The molecule has 10 heteroatoms. The number of hydrogen-bond donors (Lipinski definition) is 1. The molecular weight excluding hydrogens is 544 g/mol. The molecule has 2 aliphatic rings. The van der Waals surface area contributed by atoms with Gasteiger partial charge in [0, 0.05) is 36.7 Å². The second-order valence-corrected chi connectivity index (χ2v) is 11.7. The molecule has 0 spiro atoms. The third-order valence-electron chi connectivity index (χ3n) is 8.86. The molecule has 10 nitrogen and oxygen atoms in total. The summed E-state index contributed by atoms with van der Waals surface area (Å²) < 4.78 is 15.9. The first-order valence-corrected chi connectivity index (χ1v) is 15.0. The zero-order valence-corrected chi connectivity index (χ0v) is 24.6. The van der Waals surface area contributed by atoms with Crippen LogP contribution in [-0.4, -0.2) is 66.1 Å². The molecule has 1 atom stereocenters. The van der Waals surface area contributed by atoms with E-state index in [1.807, 2.05) is 36.9 Å². The Balaban J connectivity index is 1.00. The number of piperidine rings is 1. The van der Waals surface area contributed by atoms with Gasteiger partial charge in [0.2, 0.25) is 5.88 Å². The van der Waals surface area contributed by atoms with Crippen LogP contribution in [-0.2, 0) is 31.5 Å². The normalized spacial score (nSPS) is 17.9. The van der Waals surface area contributed by atoms with E-state index in [9.17, 15) is 9.90 Å². The van der Waals surface area contributed by atoms with Gasteiger partial charge in [-0.25, -0.2) is 14.8 Å². The second-order valence-electron chi connectivity index (χ2n) is 11.7. The molecule has 0 radical (unpaired) electrons. The third-order valence-corrected chi connectivity index (χ3v) is 8.86. The van der Waals surface area contributed by atoms with Crippen molar-refractivity contribution >= 4 is 27.9 Å². The molecule has 5 heterocycles. The van der Waals surface area contributed by atoms with Crippen molar-refractivity contribution in [1.29, 1.82) is 0 Å². The zero-order chi connectivity index (χ0) is 29.5. The summed E-state index contributed by atoms with van der Waals surface area (Å²) in [6.45, 7) is 6.54. The number of carboxylic acid groups (broad SMARTS) is 1. The molecule has 2 aromatic carbocycles. The predicted octanol–water partition coefficient (Wildman–Crippen LogP) is 5.07. The minimum absolute atomic E-state index is 0.151. The molecule has 222 valence electrons. The molecular formula is C33H36N6O4. The Bertz CT molecular complexity index is 1800. The number of benzene rings is 2. The van der Waals surface area contributed by atoms with E-state index >= 15 is 0 Å². The zero-order valence-electron chi connectivity index (χ0n) is 24.6. The molecule has 43 heavy (non-hydrogen) atoms. The SMILES string of the molecule is Cc1nn(C)c2cc(COc3cccc(C4CCN(Cc5nc6ccc(C(=O)O)cc6n5CC5CCO5)CC4)n3)ccc12. The van der Waals surface area contributed by atoms with Crippen molar-refractivity contribution in [2.45, 2.75) is 57.9 Å². The predicted molar refractivity (Wildman–Crippen MR) is 162 cm³/mol. The molecule has 7 rings (SSSR count). The van der Waals surface area contributed by atoms with Gasteiger partial charge in [-0.15, -0.1) is 0 Å². The summed E-state index contributed by atoms with van der Waals surface area (Å²) in [6, 6.07) is 17.6. The fourth-order valence-corrected chi connectivity index (χ4v) is 6.32. The minimum atomic E-state index is -0.928. The van der Waals surface area contributed by atoms with Crippen molar-refractivity contribution in [2.75, 3.05) is 19.7 Å². The van der Waals surface area contributed by atoms with Gasteiger partial charge < -0.3 is 19.1 Å². The maximum Gasteiger partial charge on any atom is 0.335 e. The van der Waals surface area contributed by atoms with Crippen LogP contribution in [0, 0.1) is 6.92 Å². The van der Waals surface area contributed by atoms with Gasteiger partial charge in [-0.1, -0.05) is 18.2 Å². The van der Waals surface area contributed by atoms with Gasteiger partial charge in [0.25, 0.3) is 0 Å². The Labute approximate surface area is 249 Å². The summed E-state index contributed by atoms with van der Waals surface area (Å²) in [5, 5.41) is 15.2. The summed E-state index contributed by atoms with van der Waals surface area (Å²) in [4.78, 5) is 23.8. The first kappa shape index (κ1) is 27.5. The lowest BCUT2D eigenvalue weighted by Gasteiger charge is -2.32. The summed E-state index contributed by atoms with van der Waals surface area (Å²) in [5.41, 5.74) is 6.25. The van der Waals surface area contributed by atoms with Gasteiger partial charge in [-0.3, -0.25) is 9.58 Å². The van der Waals surface area contributed by atoms with Gasteiger partial charge in [-0.2, -0.15) is 5.10 Å². The lowest BCUT2D eigenvalue weighted by molar-refractivity contribution is -0.0592. The number of pyridine rings is 1. The number of carboxylic acids is 1. The van der Waals surface area contributed by atoms with Crippen molar-refractivity contribution < 1.29 is 19.4 Å². The van der Waals surface area contributed by atoms with Crippen LogP contribution in [0.2, 0.25) is 0 Å². The molecule has 0 bridgehead atoms. The van der Waals surface area contributed by atoms with E-state index in [1.54, 1.807) is 12.1 Å².